The number of ether oxygens (including phenoxy) is 2. The molecule has 0 aromatic heterocycles. The molecule has 1 atom stereocenters. The molecule has 0 spiro atoms. The molecule has 0 fully saturated rings. The first kappa shape index (κ1) is 13.0. The summed E-state index contributed by atoms with van der Waals surface area (Å²) in [5.41, 5.74) is 1.22. The summed E-state index contributed by atoms with van der Waals surface area (Å²) < 4.78 is 10.5. The molecular weight excluding hydrogens is 202 g/mol. The van der Waals surface area contributed by atoms with Gasteiger partial charge in [-0.2, -0.15) is 0 Å². The molecule has 3 nitrogen and oxygen atoms in total. The van der Waals surface area contributed by atoms with Gasteiger partial charge in [-0.05, 0) is 31.5 Å². The highest BCUT2D eigenvalue weighted by Crippen LogP contribution is 2.12. The van der Waals surface area contributed by atoms with Crippen molar-refractivity contribution in [3.8, 4) is 5.75 Å². The van der Waals surface area contributed by atoms with Crippen molar-refractivity contribution in [3.63, 3.8) is 0 Å². The molecule has 1 unspecified atom stereocenters. The van der Waals surface area contributed by atoms with Gasteiger partial charge >= 0.3 is 0 Å². The average Bonchev–Trinajstić information content (AvgIpc) is 2.34. The smallest absolute Gasteiger partial charge is 0.119 e. The molecule has 0 aliphatic heterocycles. The summed E-state index contributed by atoms with van der Waals surface area (Å²) in [7, 11) is 1.68. The minimum Gasteiger partial charge on any atom is -0.497 e. The lowest BCUT2D eigenvalue weighted by atomic mass is 10.2. The molecule has 0 saturated heterocycles. The molecule has 3 heteroatoms. The van der Waals surface area contributed by atoms with E-state index in [0.717, 1.165) is 25.5 Å². The quantitative estimate of drug-likeness (QED) is 0.768. The Balaban J connectivity index is 2.35. The summed E-state index contributed by atoms with van der Waals surface area (Å²) in [5.74, 6) is 0.900. The third-order valence-corrected chi connectivity index (χ3v) is 2.36. The zero-order valence-corrected chi connectivity index (χ0v) is 10.3. The second kappa shape index (κ2) is 7.25. The van der Waals surface area contributed by atoms with Gasteiger partial charge in [-0.15, -0.1) is 0 Å². The second-order valence-corrected chi connectivity index (χ2v) is 3.79. The zero-order chi connectivity index (χ0) is 11.8. The summed E-state index contributed by atoms with van der Waals surface area (Å²) in [6.45, 7) is 6.49. The molecule has 0 saturated carbocycles. The first-order chi connectivity index (χ1) is 7.76. The van der Waals surface area contributed by atoms with Crippen LogP contribution >= 0.6 is 0 Å². The zero-order valence-electron chi connectivity index (χ0n) is 10.3. The molecule has 0 aliphatic rings. The van der Waals surface area contributed by atoms with Crippen molar-refractivity contribution in [2.45, 2.75) is 26.4 Å². The molecule has 0 radical (unpaired) electrons. The summed E-state index contributed by atoms with van der Waals surface area (Å²) in [5, 5.41) is 3.40. The van der Waals surface area contributed by atoms with Crippen LogP contribution in [0, 0.1) is 0 Å². The Morgan fingerprint density at radius 3 is 2.88 bits per heavy atom. The summed E-state index contributed by atoms with van der Waals surface area (Å²) in [6, 6.07) is 8.45. The normalized spacial score (nSPS) is 12.4. The molecule has 1 N–H and O–H groups in total. The van der Waals surface area contributed by atoms with Crippen LogP contribution in [0.1, 0.15) is 19.4 Å². The van der Waals surface area contributed by atoms with E-state index in [0.29, 0.717) is 6.04 Å². The number of methoxy groups -OCH3 is 1. The Labute approximate surface area is 97.8 Å². The molecule has 0 bridgehead atoms. The van der Waals surface area contributed by atoms with E-state index in [2.05, 4.69) is 18.3 Å². The Morgan fingerprint density at radius 1 is 1.38 bits per heavy atom. The molecule has 16 heavy (non-hydrogen) atoms. The Bertz CT molecular complexity index is 302. The van der Waals surface area contributed by atoms with Crippen LogP contribution in [0.5, 0.6) is 5.75 Å². The van der Waals surface area contributed by atoms with Crippen molar-refractivity contribution < 1.29 is 9.47 Å². The van der Waals surface area contributed by atoms with Gasteiger partial charge in [0.15, 0.2) is 0 Å². The van der Waals surface area contributed by atoms with Crippen molar-refractivity contribution in [1.29, 1.82) is 0 Å². The van der Waals surface area contributed by atoms with Crippen molar-refractivity contribution in [2.24, 2.45) is 0 Å². The van der Waals surface area contributed by atoms with E-state index in [1.807, 2.05) is 25.1 Å². The van der Waals surface area contributed by atoms with Crippen LogP contribution in [0.15, 0.2) is 24.3 Å². The number of rotatable bonds is 7. The predicted octanol–water partition coefficient (Wildman–Crippen LogP) is 2.21. The highest BCUT2D eigenvalue weighted by molar-refractivity contribution is 5.28. The molecule has 0 aliphatic carbocycles. The Kier molecular flexibility index (Phi) is 5.90. The van der Waals surface area contributed by atoms with Crippen LogP contribution in [-0.2, 0) is 11.3 Å². The van der Waals surface area contributed by atoms with Gasteiger partial charge in [-0.1, -0.05) is 12.1 Å². The molecule has 1 aromatic rings. The number of nitrogens with one attached hydrogen (secondary N) is 1. The summed E-state index contributed by atoms with van der Waals surface area (Å²) in [4.78, 5) is 0. The summed E-state index contributed by atoms with van der Waals surface area (Å²) in [6.07, 6.45) is 0. The van der Waals surface area contributed by atoms with Crippen molar-refractivity contribution in [1.82, 2.24) is 5.32 Å². The number of hydrogen-bond donors (Lipinski definition) is 1. The minimum atomic E-state index is 0.367. The average molecular weight is 223 g/mol. The summed E-state index contributed by atoms with van der Waals surface area (Å²) >= 11 is 0. The highest BCUT2D eigenvalue weighted by atomic mass is 16.5. The molecule has 0 heterocycles. The van der Waals surface area contributed by atoms with Crippen molar-refractivity contribution in [2.75, 3.05) is 20.3 Å². The van der Waals surface area contributed by atoms with Crippen LogP contribution in [0.2, 0.25) is 0 Å². The molecule has 1 aromatic carbocycles. The molecule has 90 valence electrons. The maximum atomic E-state index is 5.34. The fourth-order valence-corrected chi connectivity index (χ4v) is 1.43. The highest BCUT2D eigenvalue weighted by Gasteiger charge is 2.01. The molecule has 0 amide bonds. The van der Waals surface area contributed by atoms with Crippen LogP contribution in [0.3, 0.4) is 0 Å². The van der Waals surface area contributed by atoms with E-state index in [9.17, 15) is 0 Å². The van der Waals surface area contributed by atoms with Gasteiger partial charge in [0.1, 0.15) is 5.75 Å². The number of hydrogen-bond acceptors (Lipinski definition) is 3. The fourth-order valence-electron chi connectivity index (χ4n) is 1.43. The van der Waals surface area contributed by atoms with Crippen molar-refractivity contribution >= 4 is 0 Å². The standard InChI is InChI=1S/C13H21NO2/c1-4-16-10-11(2)14-9-12-6-5-7-13(8-12)15-3/h5-8,11,14H,4,9-10H2,1-3H3. The lowest BCUT2D eigenvalue weighted by Gasteiger charge is -2.13. The number of benzene rings is 1. The molecule has 1 rings (SSSR count). The third kappa shape index (κ3) is 4.64. The molecular formula is C13H21NO2. The first-order valence-corrected chi connectivity index (χ1v) is 5.70. The fraction of sp³-hybridized carbons (Fsp3) is 0.538. The van der Waals surface area contributed by atoms with Gasteiger partial charge in [0.05, 0.1) is 13.7 Å². The van der Waals surface area contributed by atoms with Crippen LogP contribution < -0.4 is 10.1 Å². The Hall–Kier alpha value is -1.06. The van der Waals surface area contributed by atoms with E-state index in [1.165, 1.54) is 5.56 Å². The van der Waals surface area contributed by atoms with E-state index in [4.69, 9.17) is 9.47 Å². The lowest BCUT2D eigenvalue weighted by molar-refractivity contribution is 0.127. The predicted molar refractivity (Wildman–Crippen MR) is 65.8 cm³/mol. The topological polar surface area (TPSA) is 30.5 Å². The van der Waals surface area contributed by atoms with Gasteiger partial charge in [0.2, 0.25) is 0 Å². The second-order valence-electron chi connectivity index (χ2n) is 3.79. The van der Waals surface area contributed by atoms with Crippen molar-refractivity contribution in [3.05, 3.63) is 29.8 Å². The van der Waals surface area contributed by atoms with Crippen LogP contribution in [0.25, 0.3) is 0 Å². The van der Waals surface area contributed by atoms with Gasteiger partial charge < -0.3 is 14.8 Å². The van der Waals surface area contributed by atoms with Gasteiger partial charge in [-0.25, -0.2) is 0 Å². The van der Waals surface area contributed by atoms with Crippen LogP contribution in [-0.4, -0.2) is 26.4 Å². The first-order valence-electron chi connectivity index (χ1n) is 5.70. The lowest BCUT2D eigenvalue weighted by Crippen LogP contribution is -2.30. The van der Waals surface area contributed by atoms with Gasteiger partial charge in [0, 0.05) is 19.2 Å². The van der Waals surface area contributed by atoms with E-state index < -0.39 is 0 Å². The SMILES string of the molecule is CCOCC(C)NCc1cccc(OC)c1. The van der Waals surface area contributed by atoms with Crippen LogP contribution in [0.4, 0.5) is 0 Å². The van der Waals surface area contributed by atoms with Gasteiger partial charge in [-0.3, -0.25) is 0 Å². The Morgan fingerprint density at radius 2 is 2.19 bits per heavy atom. The van der Waals surface area contributed by atoms with Gasteiger partial charge in [0.25, 0.3) is 0 Å². The monoisotopic (exact) mass is 223 g/mol. The minimum absolute atomic E-state index is 0.367. The third-order valence-electron chi connectivity index (χ3n) is 2.36. The van der Waals surface area contributed by atoms with E-state index in [-0.39, 0.29) is 0 Å². The maximum Gasteiger partial charge on any atom is 0.119 e. The van der Waals surface area contributed by atoms with E-state index in [1.54, 1.807) is 7.11 Å². The largest absolute Gasteiger partial charge is 0.497 e. The maximum absolute atomic E-state index is 5.34. The van der Waals surface area contributed by atoms with E-state index >= 15 is 0 Å².